The van der Waals surface area contributed by atoms with Gasteiger partial charge in [0.25, 0.3) is 0 Å². The molecule has 114 valence electrons. The lowest BCUT2D eigenvalue weighted by Crippen LogP contribution is -2.30. The zero-order valence-electron chi connectivity index (χ0n) is 12.8. The molecule has 0 amide bonds. The van der Waals surface area contributed by atoms with Gasteiger partial charge in [0, 0.05) is 18.8 Å². The molecule has 2 aromatic heterocycles. The van der Waals surface area contributed by atoms with Crippen molar-refractivity contribution >= 4 is 0 Å². The lowest BCUT2D eigenvalue weighted by Gasteiger charge is -2.12. The molecule has 6 heteroatoms. The summed E-state index contributed by atoms with van der Waals surface area (Å²) >= 11 is 0. The van der Waals surface area contributed by atoms with Crippen LogP contribution in [0.3, 0.4) is 0 Å². The van der Waals surface area contributed by atoms with Crippen molar-refractivity contribution in [3.05, 3.63) is 60.2 Å². The smallest absolute Gasteiger partial charge is 0.0969 e. The summed E-state index contributed by atoms with van der Waals surface area (Å²) in [6.45, 7) is 5.71. The molecule has 6 nitrogen and oxygen atoms in total. The molecule has 0 saturated carbocycles. The second kappa shape index (κ2) is 6.53. The monoisotopic (exact) mass is 296 g/mol. The molecule has 0 bridgehead atoms. The molecule has 0 unspecified atom stereocenters. The lowest BCUT2D eigenvalue weighted by atomic mass is 10.3. The standard InChI is InChI=1S/C16H20N6/c1-13-8-18-21(11-13)12-14(2)17-9-15-10-19-22(20-15)16-6-4-3-5-7-16/h3-8,10-11,14,17H,9,12H2,1-2H3/t14-/m0/s1. The molecule has 0 spiro atoms. The van der Waals surface area contributed by atoms with Crippen LogP contribution in [0.15, 0.2) is 48.9 Å². The zero-order valence-corrected chi connectivity index (χ0v) is 12.8. The highest BCUT2D eigenvalue weighted by atomic mass is 15.5. The average molecular weight is 296 g/mol. The quantitative estimate of drug-likeness (QED) is 0.755. The van der Waals surface area contributed by atoms with E-state index in [-0.39, 0.29) is 0 Å². The van der Waals surface area contributed by atoms with E-state index in [0.29, 0.717) is 12.6 Å². The molecule has 3 rings (SSSR count). The Labute approximate surface area is 129 Å². The van der Waals surface area contributed by atoms with Crippen LogP contribution in [0.1, 0.15) is 18.2 Å². The molecular formula is C16H20N6. The predicted molar refractivity (Wildman–Crippen MR) is 84.6 cm³/mol. The van der Waals surface area contributed by atoms with E-state index in [0.717, 1.165) is 17.9 Å². The molecule has 0 aliphatic rings. The van der Waals surface area contributed by atoms with Crippen molar-refractivity contribution in [3.8, 4) is 5.69 Å². The van der Waals surface area contributed by atoms with Crippen LogP contribution in [0.25, 0.3) is 5.69 Å². The van der Waals surface area contributed by atoms with Crippen molar-refractivity contribution in [1.82, 2.24) is 30.1 Å². The fraction of sp³-hybridized carbons (Fsp3) is 0.312. The highest BCUT2D eigenvalue weighted by Crippen LogP contribution is 2.04. The van der Waals surface area contributed by atoms with Gasteiger partial charge in [-0.15, -0.1) is 0 Å². The van der Waals surface area contributed by atoms with E-state index in [9.17, 15) is 0 Å². The first-order chi connectivity index (χ1) is 10.7. The molecule has 1 N–H and O–H groups in total. The van der Waals surface area contributed by atoms with Gasteiger partial charge in [-0.3, -0.25) is 4.68 Å². The van der Waals surface area contributed by atoms with Crippen LogP contribution < -0.4 is 5.32 Å². The molecular weight excluding hydrogens is 276 g/mol. The number of nitrogens with one attached hydrogen (secondary N) is 1. The molecule has 0 radical (unpaired) electrons. The molecule has 3 aromatic rings. The van der Waals surface area contributed by atoms with Crippen LogP contribution in [0, 0.1) is 6.92 Å². The summed E-state index contributed by atoms with van der Waals surface area (Å²) in [6.07, 6.45) is 5.72. The Hall–Kier alpha value is -2.47. The van der Waals surface area contributed by atoms with Gasteiger partial charge in [-0.1, -0.05) is 18.2 Å². The summed E-state index contributed by atoms with van der Waals surface area (Å²) in [7, 11) is 0. The van der Waals surface area contributed by atoms with Crippen LogP contribution in [-0.2, 0) is 13.1 Å². The number of benzene rings is 1. The Morgan fingerprint density at radius 2 is 1.95 bits per heavy atom. The third-order valence-electron chi connectivity index (χ3n) is 3.38. The number of rotatable bonds is 6. The Morgan fingerprint density at radius 1 is 1.14 bits per heavy atom. The van der Waals surface area contributed by atoms with Gasteiger partial charge in [-0.2, -0.15) is 20.1 Å². The molecule has 1 atom stereocenters. The van der Waals surface area contributed by atoms with Gasteiger partial charge in [0.15, 0.2) is 0 Å². The second-order valence-corrected chi connectivity index (χ2v) is 5.48. The first kappa shape index (κ1) is 14.5. The maximum absolute atomic E-state index is 4.48. The summed E-state index contributed by atoms with van der Waals surface area (Å²) in [6, 6.07) is 10.2. The maximum atomic E-state index is 4.48. The lowest BCUT2D eigenvalue weighted by molar-refractivity contribution is 0.447. The number of para-hydroxylation sites is 1. The van der Waals surface area contributed by atoms with Crippen molar-refractivity contribution in [2.45, 2.75) is 33.0 Å². The average Bonchev–Trinajstić information content (AvgIpc) is 3.15. The molecule has 0 fully saturated rings. The van der Waals surface area contributed by atoms with Crippen molar-refractivity contribution in [1.29, 1.82) is 0 Å². The second-order valence-electron chi connectivity index (χ2n) is 5.48. The number of aromatic nitrogens is 5. The van der Waals surface area contributed by atoms with Crippen LogP contribution in [-0.4, -0.2) is 30.8 Å². The number of aryl methyl sites for hydroxylation is 1. The van der Waals surface area contributed by atoms with Crippen LogP contribution in [0.5, 0.6) is 0 Å². The van der Waals surface area contributed by atoms with Crippen LogP contribution in [0.4, 0.5) is 0 Å². The predicted octanol–water partition coefficient (Wildman–Crippen LogP) is 1.95. The van der Waals surface area contributed by atoms with Crippen LogP contribution in [0.2, 0.25) is 0 Å². The highest BCUT2D eigenvalue weighted by molar-refractivity contribution is 5.28. The minimum absolute atomic E-state index is 0.307. The van der Waals surface area contributed by atoms with Gasteiger partial charge in [0.1, 0.15) is 0 Å². The minimum atomic E-state index is 0.307. The van der Waals surface area contributed by atoms with Gasteiger partial charge >= 0.3 is 0 Å². The number of hydrogen-bond donors (Lipinski definition) is 1. The third-order valence-corrected chi connectivity index (χ3v) is 3.38. The van der Waals surface area contributed by atoms with E-state index >= 15 is 0 Å². The highest BCUT2D eigenvalue weighted by Gasteiger charge is 2.06. The fourth-order valence-corrected chi connectivity index (χ4v) is 2.25. The molecule has 0 saturated heterocycles. The summed E-state index contributed by atoms with van der Waals surface area (Å²) in [5, 5.41) is 16.5. The topological polar surface area (TPSA) is 60.6 Å². The Morgan fingerprint density at radius 3 is 2.68 bits per heavy atom. The number of hydrogen-bond acceptors (Lipinski definition) is 4. The SMILES string of the molecule is Cc1cnn(C[C@H](C)NCc2cnn(-c3ccccc3)n2)c1. The Bertz CT molecular complexity index is 715. The maximum Gasteiger partial charge on any atom is 0.0969 e. The first-order valence-corrected chi connectivity index (χ1v) is 7.40. The van der Waals surface area contributed by atoms with E-state index in [2.05, 4.69) is 27.5 Å². The van der Waals surface area contributed by atoms with Crippen molar-refractivity contribution in [2.75, 3.05) is 0 Å². The van der Waals surface area contributed by atoms with E-state index in [1.54, 1.807) is 11.0 Å². The molecule has 22 heavy (non-hydrogen) atoms. The fourth-order valence-electron chi connectivity index (χ4n) is 2.25. The summed E-state index contributed by atoms with van der Waals surface area (Å²) in [5.74, 6) is 0. The molecule has 2 heterocycles. The van der Waals surface area contributed by atoms with Gasteiger partial charge in [-0.05, 0) is 31.5 Å². The van der Waals surface area contributed by atoms with Gasteiger partial charge in [0.05, 0.1) is 30.3 Å². The van der Waals surface area contributed by atoms with E-state index in [1.165, 1.54) is 5.56 Å². The normalized spacial score (nSPS) is 12.5. The van der Waals surface area contributed by atoms with Gasteiger partial charge in [0.2, 0.25) is 0 Å². The molecule has 0 aliphatic heterocycles. The van der Waals surface area contributed by atoms with E-state index in [4.69, 9.17) is 0 Å². The third kappa shape index (κ3) is 3.59. The Kier molecular flexibility index (Phi) is 4.29. The Balaban J connectivity index is 1.54. The van der Waals surface area contributed by atoms with Crippen molar-refractivity contribution < 1.29 is 0 Å². The minimum Gasteiger partial charge on any atom is -0.307 e. The first-order valence-electron chi connectivity index (χ1n) is 7.40. The van der Waals surface area contributed by atoms with Crippen LogP contribution >= 0.6 is 0 Å². The van der Waals surface area contributed by atoms with E-state index < -0.39 is 0 Å². The zero-order chi connectivity index (χ0) is 15.4. The van der Waals surface area contributed by atoms with Crippen molar-refractivity contribution in [3.63, 3.8) is 0 Å². The largest absolute Gasteiger partial charge is 0.307 e. The van der Waals surface area contributed by atoms with E-state index in [1.807, 2.05) is 54.3 Å². The summed E-state index contributed by atoms with van der Waals surface area (Å²) < 4.78 is 1.95. The summed E-state index contributed by atoms with van der Waals surface area (Å²) in [5.41, 5.74) is 3.07. The number of nitrogens with zero attached hydrogens (tertiary/aromatic N) is 5. The summed E-state index contributed by atoms with van der Waals surface area (Å²) in [4.78, 5) is 1.65. The van der Waals surface area contributed by atoms with Gasteiger partial charge in [-0.25, -0.2) is 0 Å². The van der Waals surface area contributed by atoms with Gasteiger partial charge < -0.3 is 5.32 Å². The molecule has 1 aromatic carbocycles. The molecule has 0 aliphatic carbocycles. The van der Waals surface area contributed by atoms with Crippen molar-refractivity contribution in [2.24, 2.45) is 0 Å².